The second-order valence-corrected chi connectivity index (χ2v) is 5.65. The van der Waals surface area contributed by atoms with E-state index in [0.29, 0.717) is 5.75 Å². The minimum atomic E-state index is -3.57. The first-order valence-corrected chi connectivity index (χ1v) is 6.84. The highest BCUT2D eigenvalue weighted by Gasteiger charge is 2.43. The summed E-state index contributed by atoms with van der Waals surface area (Å²) >= 11 is 0. The van der Waals surface area contributed by atoms with E-state index >= 15 is 0 Å². The molecule has 0 fully saturated rings. The van der Waals surface area contributed by atoms with Crippen molar-refractivity contribution in [3.8, 4) is 5.75 Å². The third kappa shape index (κ3) is 2.31. The van der Waals surface area contributed by atoms with E-state index in [1.54, 1.807) is 30.3 Å². The Kier molecular flexibility index (Phi) is 2.89. The summed E-state index contributed by atoms with van der Waals surface area (Å²) in [5.74, 6) is 0.429. The van der Waals surface area contributed by atoms with Gasteiger partial charge in [-0.15, -0.1) is 0 Å². The van der Waals surface area contributed by atoms with E-state index < -0.39 is 15.0 Å². The van der Waals surface area contributed by atoms with Crippen LogP contribution < -0.4 is 10.1 Å². The first kappa shape index (κ1) is 11.7. The Morgan fingerprint density at radius 2 is 2.00 bits per heavy atom. The van der Waals surface area contributed by atoms with Crippen molar-refractivity contribution in [3.63, 3.8) is 0 Å². The molecule has 2 rings (SSSR count). The summed E-state index contributed by atoms with van der Waals surface area (Å²) in [5.41, 5.74) is 0. The number of rotatable bonds is 3. The Labute approximate surface area is 99.7 Å². The SMILES string of the molecule is CS(=O)(=O)C1(Oc2ccccc2)N=CC=CN1. The third-order valence-electron chi connectivity index (χ3n) is 2.19. The van der Waals surface area contributed by atoms with E-state index in [-0.39, 0.29) is 0 Å². The molecule has 0 saturated carbocycles. The number of benzene rings is 1. The van der Waals surface area contributed by atoms with Gasteiger partial charge < -0.3 is 10.1 Å². The number of hydrogen-bond donors (Lipinski definition) is 1. The van der Waals surface area contributed by atoms with E-state index in [9.17, 15) is 8.42 Å². The summed E-state index contributed by atoms with van der Waals surface area (Å²) in [4.78, 5) is 3.89. The molecule has 17 heavy (non-hydrogen) atoms. The second kappa shape index (κ2) is 4.21. The highest BCUT2D eigenvalue weighted by Crippen LogP contribution is 2.23. The van der Waals surface area contributed by atoms with Crippen LogP contribution in [0.4, 0.5) is 0 Å². The van der Waals surface area contributed by atoms with E-state index in [2.05, 4.69) is 10.3 Å². The first-order chi connectivity index (χ1) is 8.04. The van der Waals surface area contributed by atoms with Gasteiger partial charge in [0.25, 0.3) is 0 Å². The van der Waals surface area contributed by atoms with Gasteiger partial charge in [0, 0.05) is 18.7 Å². The Morgan fingerprint density at radius 1 is 1.29 bits per heavy atom. The largest absolute Gasteiger partial charge is 0.436 e. The number of nitrogens with zero attached hydrogens (tertiary/aromatic N) is 1. The van der Waals surface area contributed by atoms with Crippen LogP contribution in [-0.2, 0) is 9.84 Å². The average Bonchev–Trinajstić information content (AvgIpc) is 2.30. The molecular formula is C11H12N2O3S. The van der Waals surface area contributed by atoms with Crippen molar-refractivity contribution in [2.45, 2.75) is 5.18 Å². The third-order valence-corrected chi connectivity index (χ3v) is 3.51. The fourth-order valence-corrected chi connectivity index (χ4v) is 2.14. The summed E-state index contributed by atoms with van der Waals surface area (Å²) < 4.78 is 29.0. The quantitative estimate of drug-likeness (QED) is 0.868. The van der Waals surface area contributed by atoms with Crippen molar-refractivity contribution < 1.29 is 13.2 Å². The van der Waals surface area contributed by atoms with Gasteiger partial charge in [-0.05, 0) is 18.2 Å². The number of para-hydroxylation sites is 1. The fourth-order valence-electron chi connectivity index (χ4n) is 1.36. The summed E-state index contributed by atoms with van der Waals surface area (Å²) in [6.07, 6.45) is 5.54. The normalized spacial score (nSPS) is 23.1. The molecule has 0 spiro atoms. The van der Waals surface area contributed by atoms with Crippen LogP contribution in [0.15, 0.2) is 47.6 Å². The van der Waals surface area contributed by atoms with Gasteiger partial charge in [-0.2, -0.15) is 0 Å². The lowest BCUT2D eigenvalue weighted by Gasteiger charge is -2.29. The molecule has 0 bridgehead atoms. The molecule has 0 aliphatic carbocycles. The summed E-state index contributed by atoms with van der Waals surface area (Å²) in [6.45, 7) is 0. The maximum absolute atomic E-state index is 11.8. The Hall–Kier alpha value is -1.82. The van der Waals surface area contributed by atoms with E-state index in [1.807, 2.05) is 6.07 Å². The van der Waals surface area contributed by atoms with Gasteiger partial charge in [0.2, 0.25) is 9.84 Å². The van der Waals surface area contributed by atoms with Crippen LogP contribution in [0.25, 0.3) is 0 Å². The van der Waals surface area contributed by atoms with Gasteiger partial charge in [0.15, 0.2) is 0 Å². The molecule has 6 heteroatoms. The van der Waals surface area contributed by atoms with Gasteiger partial charge in [0.1, 0.15) is 5.75 Å². The topological polar surface area (TPSA) is 67.8 Å². The zero-order chi connectivity index (χ0) is 12.4. The van der Waals surface area contributed by atoms with Gasteiger partial charge >= 0.3 is 5.18 Å². The Balaban J connectivity index is 2.37. The number of ether oxygens (including phenoxy) is 1. The van der Waals surface area contributed by atoms with Crippen molar-refractivity contribution in [2.75, 3.05) is 6.26 Å². The van der Waals surface area contributed by atoms with Crippen LogP contribution in [0.5, 0.6) is 5.75 Å². The zero-order valence-electron chi connectivity index (χ0n) is 9.20. The van der Waals surface area contributed by atoms with Gasteiger partial charge in [-0.1, -0.05) is 18.2 Å². The lowest BCUT2D eigenvalue weighted by Crippen LogP contribution is -2.53. The maximum Gasteiger partial charge on any atom is 0.385 e. The number of nitrogens with one attached hydrogen (secondary N) is 1. The van der Waals surface area contributed by atoms with Crippen molar-refractivity contribution in [3.05, 3.63) is 42.6 Å². The number of hydrogen-bond acceptors (Lipinski definition) is 5. The van der Waals surface area contributed by atoms with Crippen molar-refractivity contribution in [2.24, 2.45) is 4.99 Å². The predicted molar refractivity (Wildman–Crippen MR) is 65.4 cm³/mol. The van der Waals surface area contributed by atoms with Gasteiger partial charge in [-0.25, -0.2) is 13.4 Å². The predicted octanol–water partition coefficient (Wildman–Crippen LogP) is 0.909. The molecule has 1 N–H and O–H groups in total. The Bertz CT molecular complexity index is 551. The van der Waals surface area contributed by atoms with Crippen LogP contribution in [0.2, 0.25) is 0 Å². The van der Waals surface area contributed by atoms with Crippen LogP contribution in [0, 0.1) is 0 Å². The molecule has 0 amide bonds. The van der Waals surface area contributed by atoms with Crippen LogP contribution in [0.1, 0.15) is 0 Å². The van der Waals surface area contributed by atoms with E-state index in [0.717, 1.165) is 6.26 Å². The van der Waals surface area contributed by atoms with Crippen molar-refractivity contribution in [1.82, 2.24) is 5.32 Å². The minimum absolute atomic E-state index is 0.429. The maximum atomic E-state index is 11.8. The van der Waals surface area contributed by atoms with Gasteiger partial charge in [-0.3, -0.25) is 0 Å². The lowest BCUT2D eigenvalue weighted by atomic mass is 10.3. The van der Waals surface area contributed by atoms with Crippen LogP contribution >= 0.6 is 0 Å². The highest BCUT2D eigenvalue weighted by atomic mass is 32.2. The first-order valence-electron chi connectivity index (χ1n) is 4.95. The smallest absolute Gasteiger partial charge is 0.385 e. The van der Waals surface area contributed by atoms with Crippen molar-refractivity contribution >= 4 is 16.1 Å². The second-order valence-electron chi connectivity index (χ2n) is 3.55. The fraction of sp³-hybridized carbons (Fsp3) is 0.182. The molecule has 0 saturated heterocycles. The standard InChI is InChI=1S/C11H12N2O3S/c1-17(14,15)11(12-8-5-9-13-11)16-10-6-3-2-4-7-10/h2-9,12H,1H3. The van der Waals surface area contributed by atoms with Crippen molar-refractivity contribution in [1.29, 1.82) is 0 Å². The molecule has 1 aromatic carbocycles. The van der Waals surface area contributed by atoms with E-state index in [4.69, 9.17) is 4.74 Å². The van der Waals surface area contributed by atoms with Crippen LogP contribution in [-0.4, -0.2) is 26.1 Å². The Morgan fingerprint density at radius 3 is 2.53 bits per heavy atom. The number of sulfone groups is 1. The molecule has 0 radical (unpaired) electrons. The minimum Gasteiger partial charge on any atom is -0.436 e. The zero-order valence-corrected chi connectivity index (χ0v) is 10.0. The number of allylic oxidation sites excluding steroid dienone is 1. The molecule has 90 valence electrons. The molecule has 1 heterocycles. The molecule has 5 nitrogen and oxygen atoms in total. The van der Waals surface area contributed by atoms with Crippen LogP contribution in [0.3, 0.4) is 0 Å². The number of aliphatic imine (C=N–C) groups is 1. The monoisotopic (exact) mass is 252 g/mol. The molecule has 0 aromatic heterocycles. The average molecular weight is 252 g/mol. The van der Waals surface area contributed by atoms with E-state index in [1.165, 1.54) is 12.4 Å². The molecule has 1 aliphatic rings. The molecule has 1 aliphatic heterocycles. The van der Waals surface area contributed by atoms with Gasteiger partial charge in [0.05, 0.1) is 0 Å². The highest BCUT2D eigenvalue weighted by molar-refractivity contribution is 7.91. The lowest BCUT2D eigenvalue weighted by molar-refractivity contribution is 0.140. The summed E-state index contributed by atoms with van der Waals surface area (Å²) in [5, 5.41) is 0.858. The summed E-state index contributed by atoms with van der Waals surface area (Å²) in [7, 11) is -3.57. The molecule has 1 unspecified atom stereocenters. The summed E-state index contributed by atoms with van der Waals surface area (Å²) in [6, 6.07) is 8.67. The molecule has 1 aromatic rings. The molecule has 1 atom stereocenters. The molecular weight excluding hydrogens is 240 g/mol.